The molecular weight excluding hydrogens is 281 g/mol. The first-order valence-electron chi connectivity index (χ1n) is 4.41. The Labute approximate surface area is 99.7 Å². The molecule has 0 atom stereocenters. The van der Waals surface area contributed by atoms with Gasteiger partial charge in [-0.3, -0.25) is 14.9 Å². The van der Waals surface area contributed by atoms with Crippen molar-refractivity contribution in [2.24, 2.45) is 0 Å². The lowest BCUT2D eigenvalue weighted by atomic mass is 10.0. The molecule has 0 unspecified atom stereocenters. The molecule has 0 spiro atoms. The second-order valence-electron chi connectivity index (χ2n) is 3.72. The van der Waals surface area contributed by atoms with Gasteiger partial charge in [-0.05, 0) is 26.0 Å². The summed E-state index contributed by atoms with van der Waals surface area (Å²) in [7, 11) is 0. The predicted octanol–water partition coefficient (Wildman–Crippen LogP) is 3.09. The molecule has 0 N–H and O–H groups in total. The van der Waals surface area contributed by atoms with Crippen LogP contribution in [0.1, 0.15) is 24.2 Å². The highest BCUT2D eigenvalue weighted by Crippen LogP contribution is 2.25. The van der Waals surface area contributed by atoms with Gasteiger partial charge in [0.05, 0.1) is 9.25 Å². The van der Waals surface area contributed by atoms with E-state index in [-0.39, 0.29) is 11.3 Å². The SMILES string of the molecule is CC(C)(Br)C(=O)c1ccc(F)c([N+](=O)[O-])c1. The number of Topliss-reactive ketones (excluding diaryl/α,β-unsaturated/α-hetero) is 1. The lowest BCUT2D eigenvalue weighted by Gasteiger charge is -2.14. The van der Waals surface area contributed by atoms with Gasteiger partial charge in [0.1, 0.15) is 0 Å². The third kappa shape index (κ3) is 2.63. The van der Waals surface area contributed by atoms with Crippen LogP contribution < -0.4 is 0 Å². The monoisotopic (exact) mass is 289 g/mol. The summed E-state index contributed by atoms with van der Waals surface area (Å²) < 4.78 is 12.2. The summed E-state index contributed by atoms with van der Waals surface area (Å²) >= 11 is 3.15. The molecule has 0 fully saturated rings. The van der Waals surface area contributed by atoms with Gasteiger partial charge in [-0.25, -0.2) is 0 Å². The van der Waals surface area contributed by atoms with Gasteiger partial charge in [-0.2, -0.15) is 4.39 Å². The highest BCUT2D eigenvalue weighted by atomic mass is 79.9. The minimum Gasteiger partial charge on any atom is -0.293 e. The van der Waals surface area contributed by atoms with Gasteiger partial charge in [-0.15, -0.1) is 0 Å². The average molecular weight is 290 g/mol. The van der Waals surface area contributed by atoms with E-state index in [2.05, 4.69) is 15.9 Å². The van der Waals surface area contributed by atoms with E-state index < -0.39 is 20.8 Å². The van der Waals surface area contributed by atoms with Crippen molar-refractivity contribution in [2.75, 3.05) is 0 Å². The van der Waals surface area contributed by atoms with Gasteiger partial charge in [0.25, 0.3) is 0 Å². The van der Waals surface area contributed by atoms with E-state index in [1.54, 1.807) is 13.8 Å². The summed E-state index contributed by atoms with van der Waals surface area (Å²) in [5.41, 5.74) is -0.586. The summed E-state index contributed by atoms with van der Waals surface area (Å²) in [6, 6.07) is 3.10. The van der Waals surface area contributed by atoms with Crippen LogP contribution in [0.5, 0.6) is 0 Å². The summed E-state index contributed by atoms with van der Waals surface area (Å²) in [4.78, 5) is 21.4. The molecule has 1 aromatic rings. The number of carbonyl (C=O) groups excluding carboxylic acids is 1. The van der Waals surface area contributed by atoms with Crippen molar-refractivity contribution in [3.63, 3.8) is 0 Å². The lowest BCUT2D eigenvalue weighted by Crippen LogP contribution is -2.24. The number of alkyl halides is 1. The van der Waals surface area contributed by atoms with E-state index in [0.717, 1.165) is 12.1 Å². The fraction of sp³-hybridized carbons (Fsp3) is 0.300. The second kappa shape index (κ2) is 4.29. The molecule has 1 rings (SSSR count). The lowest BCUT2D eigenvalue weighted by molar-refractivity contribution is -0.387. The molecule has 1 aromatic carbocycles. The van der Waals surface area contributed by atoms with Crippen LogP contribution in [-0.2, 0) is 0 Å². The number of rotatable bonds is 3. The molecule has 16 heavy (non-hydrogen) atoms. The highest BCUT2D eigenvalue weighted by molar-refractivity contribution is 9.10. The summed E-state index contributed by atoms with van der Waals surface area (Å²) in [6.45, 7) is 3.23. The molecule has 0 saturated heterocycles. The Morgan fingerprint density at radius 2 is 2.06 bits per heavy atom. The van der Waals surface area contributed by atoms with Crippen LogP contribution in [0.15, 0.2) is 18.2 Å². The molecule has 0 saturated carbocycles. The van der Waals surface area contributed by atoms with Crippen LogP contribution in [0.4, 0.5) is 10.1 Å². The van der Waals surface area contributed by atoms with Crippen molar-refractivity contribution in [3.8, 4) is 0 Å². The molecule has 0 aromatic heterocycles. The van der Waals surface area contributed by atoms with E-state index in [9.17, 15) is 19.3 Å². The second-order valence-corrected chi connectivity index (χ2v) is 5.71. The minimum atomic E-state index is -0.950. The van der Waals surface area contributed by atoms with Crippen molar-refractivity contribution in [1.29, 1.82) is 0 Å². The van der Waals surface area contributed by atoms with E-state index >= 15 is 0 Å². The number of ketones is 1. The van der Waals surface area contributed by atoms with Crippen molar-refractivity contribution >= 4 is 27.4 Å². The summed E-state index contributed by atoms with van der Waals surface area (Å²) in [6.07, 6.45) is 0. The van der Waals surface area contributed by atoms with Crippen molar-refractivity contribution in [3.05, 3.63) is 39.7 Å². The number of hydrogen-bond acceptors (Lipinski definition) is 3. The molecule has 6 heteroatoms. The molecule has 0 radical (unpaired) electrons. The van der Waals surface area contributed by atoms with Crippen LogP contribution in [0, 0.1) is 15.9 Å². The van der Waals surface area contributed by atoms with Crippen molar-refractivity contribution in [1.82, 2.24) is 0 Å². The fourth-order valence-electron chi connectivity index (χ4n) is 1.14. The molecule has 86 valence electrons. The summed E-state index contributed by atoms with van der Waals surface area (Å²) in [5.74, 6) is -1.29. The van der Waals surface area contributed by atoms with Crippen LogP contribution in [-0.4, -0.2) is 15.0 Å². The minimum absolute atomic E-state index is 0.106. The van der Waals surface area contributed by atoms with Crippen molar-refractivity contribution in [2.45, 2.75) is 18.2 Å². The Morgan fingerprint density at radius 3 is 2.50 bits per heavy atom. The fourth-order valence-corrected chi connectivity index (χ4v) is 1.37. The third-order valence-corrected chi connectivity index (χ3v) is 2.31. The van der Waals surface area contributed by atoms with Gasteiger partial charge in [-0.1, -0.05) is 15.9 Å². The number of nitrogens with zero attached hydrogens (tertiary/aromatic N) is 1. The quantitative estimate of drug-likeness (QED) is 0.372. The first-order valence-corrected chi connectivity index (χ1v) is 5.20. The van der Waals surface area contributed by atoms with Crippen LogP contribution >= 0.6 is 15.9 Å². The third-order valence-electron chi connectivity index (χ3n) is 1.94. The number of nitro groups is 1. The first-order chi connectivity index (χ1) is 7.23. The van der Waals surface area contributed by atoms with Gasteiger partial charge in [0.2, 0.25) is 5.82 Å². The number of nitro benzene ring substituents is 1. The Balaban J connectivity index is 3.24. The van der Waals surface area contributed by atoms with Crippen LogP contribution in [0.3, 0.4) is 0 Å². The van der Waals surface area contributed by atoms with Crippen molar-refractivity contribution < 1.29 is 14.1 Å². The normalized spacial score (nSPS) is 11.2. The zero-order chi connectivity index (χ0) is 12.5. The zero-order valence-corrected chi connectivity index (χ0v) is 10.2. The van der Waals surface area contributed by atoms with Gasteiger partial charge in [0, 0.05) is 11.6 Å². The van der Waals surface area contributed by atoms with Gasteiger partial charge < -0.3 is 0 Å². The topological polar surface area (TPSA) is 60.2 Å². The molecule has 0 bridgehead atoms. The van der Waals surface area contributed by atoms with Gasteiger partial charge in [0.15, 0.2) is 5.78 Å². The smallest absolute Gasteiger partial charge is 0.293 e. The van der Waals surface area contributed by atoms with E-state index in [4.69, 9.17) is 0 Å². The first kappa shape index (κ1) is 12.8. The highest BCUT2D eigenvalue weighted by Gasteiger charge is 2.27. The van der Waals surface area contributed by atoms with E-state index in [1.165, 1.54) is 6.07 Å². The molecule has 0 amide bonds. The molecule has 0 aliphatic heterocycles. The maximum Gasteiger partial charge on any atom is 0.305 e. The Hall–Kier alpha value is -1.30. The zero-order valence-electron chi connectivity index (χ0n) is 8.66. The number of halogens is 2. The number of carbonyl (C=O) groups is 1. The molecule has 0 aliphatic carbocycles. The maximum absolute atomic E-state index is 13.0. The molecule has 0 heterocycles. The number of hydrogen-bond donors (Lipinski definition) is 0. The Kier molecular flexibility index (Phi) is 3.42. The van der Waals surface area contributed by atoms with E-state index in [1.807, 2.05) is 0 Å². The Bertz CT molecular complexity index is 454. The van der Waals surface area contributed by atoms with Crippen LogP contribution in [0.25, 0.3) is 0 Å². The van der Waals surface area contributed by atoms with Crippen LogP contribution in [0.2, 0.25) is 0 Å². The largest absolute Gasteiger partial charge is 0.305 e. The molecule has 4 nitrogen and oxygen atoms in total. The Morgan fingerprint density at radius 1 is 1.50 bits per heavy atom. The maximum atomic E-state index is 13.0. The van der Waals surface area contributed by atoms with Gasteiger partial charge >= 0.3 is 5.69 Å². The molecular formula is C10H9BrFNO3. The molecule has 0 aliphatic rings. The predicted molar refractivity (Wildman–Crippen MR) is 60.4 cm³/mol. The van der Waals surface area contributed by atoms with E-state index in [0.29, 0.717) is 0 Å². The standard InChI is InChI=1S/C10H9BrFNO3/c1-10(2,11)9(14)6-3-4-7(12)8(5-6)13(15)16/h3-5H,1-2H3. The summed E-state index contributed by atoms with van der Waals surface area (Å²) in [5, 5.41) is 10.5. The number of benzene rings is 1. The average Bonchev–Trinajstić information content (AvgIpc) is 2.15.